The molecule has 0 radical (unpaired) electrons. The Labute approximate surface area is 154 Å². The minimum atomic E-state index is -0.339. The lowest BCUT2D eigenvalue weighted by Crippen LogP contribution is -2.16. The van der Waals surface area contributed by atoms with E-state index in [1.54, 1.807) is 38.5 Å². The number of halogens is 1. The fraction of sp³-hybridized carbons (Fsp3) is 0.222. The second kappa shape index (κ2) is 7.29. The van der Waals surface area contributed by atoms with Gasteiger partial charge in [-0.3, -0.25) is 4.79 Å². The van der Waals surface area contributed by atoms with E-state index in [9.17, 15) is 4.79 Å². The molecule has 0 aliphatic carbocycles. The lowest BCUT2D eigenvalue weighted by atomic mass is 10.2. The first-order chi connectivity index (χ1) is 12.1. The van der Waals surface area contributed by atoms with E-state index in [1.807, 2.05) is 23.6 Å². The van der Waals surface area contributed by atoms with Gasteiger partial charge >= 0.3 is 0 Å². The maximum absolute atomic E-state index is 12.5. The molecule has 0 fully saturated rings. The Bertz CT molecular complexity index is 1010. The van der Waals surface area contributed by atoms with Crippen LogP contribution in [0.15, 0.2) is 41.4 Å². The van der Waals surface area contributed by atoms with Crippen molar-refractivity contribution in [2.75, 3.05) is 14.2 Å². The number of ether oxygens (including phenoxy) is 2. The third-order valence-electron chi connectivity index (χ3n) is 3.78. The fourth-order valence-electron chi connectivity index (χ4n) is 2.61. The molecule has 0 N–H and O–H groups in total. The third kappa shape index (κ3) is 3.27. The monoisotopic (exact) mass is 376 g/mol. The van der Waals surface area contributed by atoms with Crippen LogP contribution in [0, 0.1) is 0 Å². The standard InChI is InChI=1S/C18H17ClN2O3S/c1-4-21-15-13(23-2)8-9-14(24-3)16(15)25-18(21)20-17(22)11-6-5-7-12(19)10-11/h5-10H,4H2,1-3H3. The van der Waals surface area contributed by atoms with Crippen LogP contribution in [0.4, 0.5) is 0 Å². The van der Waals surface area contributed by atoms with Gasteiger partial charge in [0.25, 0.3) is 5.91 Å². The SMILES string of the molecule is CCn1c(=NC(=O)c2cccc(Cl)c2)sc2c(OC)ccc(OC)c21. The summed E-state index contributed by atoms with van der Waals surface area (Å²) in [6, 6.07) is 10.5. The zero-order valence-electron chi connectivity index (χ0n) is 14.1. The first-order valence-corrected chi connectivity index (χ1v) is 8.87. The van der Waals surface area contributed by atoms with Crippen LogP contribution in [-0.2, 0) is 6.54 Å². The number of fused-ring (bicyclic) bond motifs is 1. The molecule has 1 heterocycles. The van der Waals surface area contributed by atoms with Gasteiger partial charge in [0.15, 0.2) is 4.80 Å². The van der Waals surface area contributed by atoms with E-state index in [1.165, 1.54) is 11.3 Å². The van der Waals surface area contributed by atoms with Crippen LogP contribution in [0.5, 0.6) is 11.5 Å². The number of carbonyl (C=O) groups excluding carboxylic acids is 1. The molecule has 2 aromatic carbocycles. The number of benzene rings is 2. The number of hydrogen-bond donors (Lipinski definition) is 0. The largest absolute Gasteiger partial charge is 0.495 e. The van der Waals surface area contributed by atoms with E-state index in [0.29, 0.717) is 27.7 Å². The van der Waals surface area contributed by atoms with Crippen LogP contribution in [0.25, 0.3) is 10.2 Å². The molecule has 0 saturated carbocycles. The van der Waals surface area contributed by atoms with Gasteiger partial charge in [-0.2, -0.15) is 4.99 Å². The number of rotatable bonds is 4. The first kappa shape index (κ1) is 17.5. The first-order valence-electron chi connectivity index (χ1n) is 7.68. The van der Waals surface area contributed by atoms with Crippen LogP contribution in [-0.4, -0.2) is 24.7 Å². The Balaban J connectivity index is 2.24. The van der Waals surface area contributed by atoms with Crippen molar-refractivity contribution in [2.24, 2.45) is 4.99 Å². The number of methoxy groups -OCH3 is 2. The van der Waals surface area contributed by atoms with Crippen molar-refractivity contribution >= 4 is 39.1 Å². The van der Waals surface area contributed by atoms with Crippen LogP contribution in [0.1, 0.15) is 17.3 Å². The minimum absolute atomic E-state index is 0.339. The highest BCUT2D eigenvalue weighted by atomic mass is 35.5. The molecular formula is C18H17ClN2O3S. The molecule has 1 aromatic heterocycles. The van der Waals surface area contributed by atoms with E-state index >= 15 is 0 Å². The number of amides is 1. The maximum atomic E-state index is 12.5. The molecule has 0 aliphatic rings. The van der Waals surface area contributed by atoms with Gasteiger partial charge in [-0.05, 0) is 37.3 Å². The summed E-state index contributed by atoms with van der Waals surface area (Å²) in [6.07, 6.45) is 0. The zero-order valence-corrected chi connectivity index (χ0v) is 15.6. The van der Waals surface area contributed by atoms with Crippen LogP contribution >= 0.6 is 22.9 Å². The molecule has 130 valence electrons. The second-order valence-electron chi connectivity index (χ2n) is 5.20. The zero-order chi connectivity index (χ0) is 18.0. The summed E-state index contributed by atoms with van der Waals surface area (Å²) in [5, 5.41) is 0.504. The average Bonchev–Trinajstić information content (AvgIpc) is 2.98. The predicted molar refractivity (Wildman–Crippen MR) is 99.9 cm³/mol. The lowest BCUT2D eigenvalue weighted by Gasteiger charge is -2.08. The predicted octanol–water partition coefficient (Wildman–Crippen LogP) is 4.13. The van der Waals surface area contributed by atoms with E-state index in [2.05, 4.69) is 4.99 Å². The van der Waals surface area contributed by atoms with E-state index < -0.39 is 0 Å². The summed E-state index contributed by atoms with van der Waals surface area (Å²) in [4.78, 5) is 17.4. The summed E-state index contributed by atoms with van der Waals surface area (Å²) >= 11 is 7.36. The molecule has 1 amide bonds. The molecule has 3 rings (SSSR count). The molecule has 0 atom stereocenters. The Morgan fingerprint density at radius 2 is 1.92 bits per heavy atom. The highest BCUT2D eigenvalue weighted by Gasteiger charge is 2.16. The van der Waals surface area contributed by atoms with Gasteiger partial charge in [0.1, 0.15) is 21.7 Å². The molecule has 0 unspecified atom stereocenters. The van der Waals surface area contributed by atoms with Crippen LogP contribution < -0.4 is 14.3 Å². The quantitative estimate of drug-likeness (QED) is 0.687. The van der Waals surface area contributed by atoms with Crippen molar-refractivity contribution in [1.29, 1.82) is 0 Å². The number of thiazole rings is 1. The molecule has 7 heteroatoms. The average molecular weight is 377 g/mol. The highest BCUT2D eigenvalue weighted by Crippen LogP contribution is 2.35. The summed E-state index contributed by atoms with van der Waals surface area (Å²) in [6.45, 7) is 2.64. The van der Waals surface area contributed by atoms with Gasteiger partial charge in [0, 0.05) is 17.1 Å². The number of nitrogens with zero attached hydrogens (tertiary/aromatic N) is 2. The summed E-state index contributed by atoms with van der Waals surface area (Å²) in [5.74, 6) is 1.10. The van der Waals surface area contributed by atoms with Crippen molar-refractivity contribution in [2.45, 2.75) is 13.5 Å². The smallest absolute Gasteiger partial charge is 0.279 e. The van der Waals surface area contributed by atoms with Crippen molar-refractivity contribution in [1.82, 2.24) is 4.57 Å². The van der Waals surface area contributed by atoms with Crippen molar-refractivity contribution in [3.8, 4) is 11.5 Å². The third-order valence-corrected chi connectivity index (χ3v) is 5.11. The van der Waals surface area contributed by atoms with Crippen molar-refractivity contribution in [3.63, 3.8) is 0 Å². The van der Waals surface area contributed by atoms with Gasteiger partial charge in [-0.25, -0.2) is 0 Å². The summed E-state index contributed by atoms with van der Waals surface area (Å²) in [7, 11) is 3.23. The topological polar surface area (TPSA) is 52.8 Å². The number of aromatic nitrogens is 1. The Morgan fingerprint density at radius 3 is 2.56 bits per heavy atom. The van der Waals surface area contributed by atoms with Crippen LogP contribution in [0.3, 0.4) is 0 Å². The lowest BCUT2D eigenvalue weighted by molar-refractivity contribution is 0.0998. The molecule has 0 bridgehead atoms. The fourth-order valence-corrected chi connectivity index (χ4v) is 4.00. The Hall–Kier alpha value is -2.31. The molecule has 0 aliphatic heterocycles. The van der Waals surface area contributed by atoms with E-state index in [-0.39, 0.29) is 5.91 Å². The highest BCUT2D eigenvalue weighted by molar-refractivity contribution is 7.16. The Kier molecular flexibility index (Phi) is 5.11. The van der Waals surface area contributed by atoms with Gasteiger partial charge in [-0.15, -0.1) is 0 Å². The molecule has 0 saturated heterocycles. The molecule has 0 spiro atoms. The van der Waals surface area contributed by atoms with Crippen molar-refractivity contribution in [3.05, 3.63) is 51.8 Å². The number of hydrogen-bond acceptors (Lipinski definition) is 4. The van der Waals surface area contributed by atoms with E-state index in [4.69, 9.17) is 21.1 Å². The van der Waals surface area contributed by atoms with Crippen molar-refractivity contribution < 1.29 is 14.3 Å². The molecule has 3 aromatic rings. The maximum Gasteiger partial charge on any atom is 0.279 e. The van der Waals surface area contributed by atoms with Gasteiger partial charge < -0.3 is 14.0 Å². The van der Waals surface area contributed by atoms with Gasteiger partial charge in [0.2, 0.25) is 0 Å². The van der Waals surface area contributed by atoms with Gasteiger partial charge in [-0.1, -0.05) is 29.0 Å². The Morgan fingerprint density at radius 1 is 1.20 bits per heavy atom. The summed E-state index contributed by atoms with van der Waals surface area (Å²) < 4.78 is 13.8. The van der Waals surface area contributed by atoms with Crippen LogP contribution in [0.2, 0.25) is 5.02 Å². The number of aryl methyl sites for hydroxylation is 1. The molecular weight excluding hydrogens is 360 g/mol. The summed E-state index contributed by atoms with van der Waals surface area (Å²) in [5.41, 5.74) is 1.32. The molecule has 5 nitrogen and oxygen atoms in total. The molecule has 25 heavy (non-hydrogen) atoms. The minimum Gasteiger partial charge on any atom is -0.495 e. The number of carbonyl (C=O) groups is 1. The second-order valence-corrected chi connectivity index (χ2v) is 6.62. The van der Waals surface area contributed by atoms with Gasteiger partial charge in [0.05, 0.1) is 14.2 Å². The normalized spacial score (nSPS) is 11.8. The van der Waals surface area contributed by atoms with E-state index in [0.717, 1.165) is 16.0 Å².